The molecule has 0 unspecified atom stereocenters. The molecule has 1 saturated heterocycles. The molecule has 96 valence electrons. The van der Waals surface area contributed by atoms with Crippen LogP contribution in [0.2, 0.25) is 0 Å². The summed E-state index contributed by atoms with van der Waals surface area (Å²) in [7, 11) is 0. The number of piperazine rings is 1. The van der Waals surface area contributed by atoms with Crippen molar-refractivity contribution in [1.82, 2.24) is 15.3 Å². The standard InChI is InChI=1S/C13H18N4O/c18-9-3-1-2-4-12-10-15-11-13(16-12)17-7-5-14-6-8-17/h10-11,14,18H,1,3,5-9H2. The molecule has 0 atom stereocenters. The van der Waals surface area contributed by atoms with Crippen molar-refractivity contribution in [2.75, 3.05) is 37.7 Å². The van der Waals surface area contributed by atoms with E-state index in [0.717, 1.165) is 32.0 Å². The predicted molar refractivity (Wildman–Crippen MR) is 70.3 cm³/mol. The molecule has 18 heavy (non-hydrogen) atoms. The van der Waals surface area contributed by atoms with Crippen LogP contribution in [-0.2, 0) is 0 Å². The maximum atomic E-state index is 8.67. The van der Waals surface area contributed by atoms with Crippen LogP contribution in [-0.4, -0.2) is 47.9 Å². The van der Waals surface area contributed by atoms with E-state index in [1.807, 2.05) is 0 Å². The molecule has 1 fully saturated rings. The van der Waals surface area contributed by atoms with E-state index >= 15 is 0 Å². The topological polar surface area (TPSA) is 61.3 Å². The van der Waals surface area contributed by atoms with E-state index in [4.69, 9.17) is 5.11 Å². The number of aliphatic hydroxyl groups excluding tert-OH is 1. The first-order chi connectivity index (χ1) is 8.90. The van der Waals surface area contributed by atoms with E-state index in [9.17, 15) is 0 Å². The molecule has 1 aromatic rings. The summed E-state index contributed by atoms with van der Waals surface area (Å²) in [5, 5.41) is 12.0. The van der Waals surface area contributed by atoms with Crippen LogP contribution >= 0.6 is 0 Å². The second-order valence-corrected chi connectivity index (χ2v) is 4.13. The van der Waals surface area contributed by atoms with E-state index in [0.29, 0.717) is 18.5 Å². The highest BCUT2D eigenvalue weighted by Gasteiger charge is 2.11. The highest BCUT2D eigenvalue weighted by molar-refractivity contribution is 5.40. The lowest BCUT2D eigenvalue weighted by molar-refractivity contribution is 0.290. The second kappa shape index (κ2) is 6.94. The summed E-state index contributed by atoms with van der Waals surface area (Å²) in [6.07, 6.45) is 4.86. The number of nitrogens with one attached hydrogen (secondary N) is 1. The average Bonchev–Trinajstić information content (AvgIpc) is 2.45. The summed E-state index contributed by atoms with van der Waals surface area (Å²) in [6, 6.07) is 0. The van der Waals surface area contributed by atoms with Crippen molar-refractivity contribution in [3.63, 3.8) is 0 Å². The van der Waals surface area contributed by atoms with Gasteiger partial charge in [0.1, 0.15) is 11.5 Å². The number of unbranched alkanes of at least 4 members (excludes halogenated alkanes) is 1. The van der Waals surface area contributed by atoms with E-state index in [2.05, 4.69) is 32.0 Å². The van der Waals surface area contributed by atoms with Gasteiger partial charge in [-0.15, -0.1) is 0 Å². The molecule has 1 aromatic heterocycles. The first-order valence-electron chi connectivity index (χ1n) is 6.27. The van der Waals surface area contributed by atoms with Gasteiger partial charge in [-0.25, -0.2) is 4.98 Å². The molecule has 1 aliphatic heterocycles. The fourth-order valence-corrected chi connectivity index (χ4v) is 1.78. The van der Waals surface area contributed by atoms with Gasteiger partial charge in [0, 0.05) is 39.2 Å². The van der Waals surface area contributed by atoms with E-state index in [1.165, 1.54) is 0 Å². The Morgan fingerprint density at radius 2 is 2.17 bits per heavy atom. The molecular weight excluding hydrogens is 228 g/mol. The second-order valence-electron chi connectivity index (χ2n) is 4.13. The summed E-state index contributed by atoms with van der Waals surface area (Å²) in [4.78, 5) is 10.9. The third-order valence-corrected chi connectivity index (χ3v) is 2.74. The molecule has 2 heterocycles. The van der Waals surface area contributed by atoms with Crippen molar-refractivity contribution >= 4 is 5.82 Å². The lowest BCUT2D eigenvalue weighted by Crippen LogP contribution is -2.44. The van der Waals surface area contributed by atoms with Crippen LogP contribution in [0.15, 0.2) is 12.4 Å². The summed E-state index contributed by atoms with van der Waals surface area (Å²) in [5.41, 5.74) is 0.698. The summed E-state index contributed by atoms with van der Waals surface area (Å²) < 4.78 is 0. The van der Waals surface area contributed by atoms with Crippen LogP contribution in [0.3, 0.4) is 0 Å². The summed E-state index contributed by atoms with van der Waals surface area (Å²) in [6.45, 7) is 4.05. The molecule has 5 nitrogen and oxygen atoms in total. The molecule has 0 saturated carbocycles. The van der Waals surface area contributed by atoms with Gasteiger partial charge < -0.3 is 15.3 Å². The monoisotopic (exact) mass is 246 g/mol. The van der Waals surface area contributed by atoms with Crippen molar-refractivity contribution in [1.29, 1.82) is 0 Å². The van der Waals surface area contributed by atoms with Crippen LogP contribution in [0.4, 0.5) is 5.82 Å². The van der Waals surface area contributed by atoms with Gasteiger partial charge in [-0.1, -0.05) is 5.92 Å². The number of anilines is 1. The molecule has 0 aromatic carbocycles. The van der Waals surface area contributed by atoms with Crippen molar-refractivity contribution in [3.05, 3.63) is 18.1 Å². The SMILES string of the molecule is OCCCC#Cc1cncc(N2CCNCC2)n1. The molecule has 0 bridgehead atoms. The lowest BCUT2D eigenvalue weighted by atomic mass is 10.3. The lowest BCUT2D eigenvalue weighted by Gasteiger charge is -2.27. The van der Waals surface area contributed by atoms with Gasteiger partial charge in [-0.3, -0.25) is 4.98 Å². The Kier molecular flexibility index (Phi) is 4.94. The summed E-state index contributed by atoms with van der Waals surface area (Å²) in [5.74, 6) is 6.87. The smallest absolute Gasteiger partial charge is 0.148 e. The van der Waals surface area contributed by atoms with Gasteiger partial charge >= 0.3 is 0 Å². The molecule has 0 aliphatic carbocycles. The number of hydrogen-bond donors (Lipinski definition) is 2. The van der Waals surface area contributed by atoms with Crippen molar-refractivity contribution < 1.29 is 5.11 Å². The Bertz CT molecular complexity index is 432. The molecule has 5 heteroatoms. The number of rotatable bonds is 3. The van der Waals surface area contributed by atoms with Crippen molar-refractivity contribution in [2.45, 2.75) is 12.8 Å². The third kappa shape index (κ3) is 3.69. The van der Waals surface area contributed by atoms with E-state index in [1.54, 1.807) is 12.4 Å². The Balaban J connectivity index is 2.01. The predicted octanol–water partition coefficient (Wildman–Crippen LogP) is 0.0102. The largest absolute Gasteiger partial charge is 0.396 e. The van der Waals surface area contributed by atoms with Crippen LogP contribution in [0.1, 0.15) is 18.5 Å². The fourth-order valence-electron chi connectivity index (χ4n) is 1.78. The highest BCUT2D eigenvalue weighted by Crippen LogP contribution is 2.09. The zero-order valence-electron chi connectivity index (χ0n) is 10.4. The van der Waals surface area contributed by atoms with Crippen molar-refractivity contribution in [3.8, 4) is 11.8 Å². The molecular formula is C13H18N4O. The quantitative estimate of drug-likeness (QED) is 0.581. The Labute approximate surface area is 107 Å². The van der Waals surface area contributed by atoms with Crippen LogP contribution in [0.25, 0.3) is 0 Å². The Morgan fingerprint density at radius 1 is 1.33 bits per heavy atom. The summed E-state index contributed by atoms with van der Waals surface area (Å²) >= 11 is 0. The molecule has 2 rings (SSSR count). The average molecular weight is 246 g/mol. The van der Waals surface area contributed by atoms with Gasteiger partial charge in [0.2, 0.25) is 0 Å². The van der Waals surface area contributed by atoms with Crippen LogP contribution in [0.5, 0.6) is 0 Å². The number of hydrogen-bond acceptors (Lipinski definition) is 5. The molecule has 2 N–H and O–H groups in total. The minimum absolute atomic E-state index is 0.182. The number of nitrogens with zero attached hydrogens (tertiary/aromatic N) is 3. The normalized spacial score (nSPS) is 15.1. The molecule has 0 radical (unpaired) electrons. The van der Waals surface area contributed by atoms with Crippen LogP contribution in [0, 0.1) is 11.8 Å². The highest BCUT2D eigenvalue weighted by atomic mass is 16.2. The molecule has 0 spiro atoms. The van der Waals surface area contributed by atoms with Gasteiger partial charge in [-0.2, -0.15) is 0 Å². The Morgan fingerprint density at radius 3 is 2.94 bits per heavy atom. The molecule has 1 aliphatic rings. The number of aromatic nitrogens is 2. The van der Waals surface area contributed by atoms with E-state index in [-0.39, 0.29) is 6.61 Å². The molecule has 0 amide bonds. The van der Waals surface area contributed by atoms with Crippen molar-refractivity contribution in [2.24, 2.45) is 0 Å². The first-order valence-corrected chi connectivity index (χ1v) is 6.27. The van der Waals surface area contributed by atoms with Gasteiger partial charge in [0.25, 0.3) is 0 Å². The maximum Gasteiger partial charge on any atom is 0.148 e. The fraction of sp³-hybridized carbons (Fsp3) is 0.538. The number of aliphatic hydroxyl groups is 1. The zero-order chi connectivity index (χ0) is 12.6. The van der Waals surface area contributed by atoms with Gasteiger partial charge in [-0.05, 0) is 12.3 Å². The third-order valence-electron chi connectivity index (χ3n) is 2.74. The minimum Gasteiger partial charge on any atom is -0.396 e. The van der Waals surface area contributed by atoms with E-state index < -0.39 is 0 Å². The first kappa shape index (κ1) is 12.8. The minimum atomic E-state index is 0.182. The Hall–Kier alpha value is -1.64. The van der Waals surface area contributed by atoms with Crippen LogP contribution < -0.4 is 10.2 Å². The van der Waals surface area contributed by atoms with Gasteiger partial charge in [0.05, 0.1) is 12.4 Å². The zero-order valence-corrected chi connectivity index (χ0v) is 10.4. The maximum absolute atomic E-state index is 8.67. The van der Waals surface area contributed by atoms with Gasteiger partial charge in [0.15, 0.2) is 0 Å².